The number of amides is 1. The van der Waals surface area contributed by atoms with E-state index in [4.69, 9.17) is 10.8 Å². The number of aliphatic carboxylic acids is 1. The van der Waals surface area contributed by atoms with Gasteiger partial charge in [-0.2, -0.15) is 11.8 Å². The summed E-state index contributed by atoms with van der Waals surface area (Å²) < 4.78 is 0. The zero-order valence-corrected chi connectivity index (χ0v) is 9.96. The lowest BCUT2D eigenvalue weighted by atomic mass is 10.2. The van der Waals surface area contributed by atoms with E-state index in [1.54, 1.807) is 0 Å². The monoisotopic (exact) mass is 246 g/mol. The van der Waals surface area contributed by atoms with Crippen molar-refractivity contribution in [3.8, 4) is 0 Å². The second kappa shape index (κ2) is 6.75. The lowest BCUT2D eigenvalue weighted by molar-refractivity contribution is -0.138. The average molecular weight is 246 g/mol. The molecule has 6 heteroatoms. The number of carboxylic acids is 1. The summed E-state index contributed by atoms with van der Waals surface area (Å²) >= 11 is 1.42. The maximum absolute atomic E-state index is 11.3. The Balaban J connectivity index is 1.92. The van der Waals surface area contributed by atoms with Crippen LogP contribution in [0.25, 0.3) is 0 Å². The Morgan fingerprint density at radius 2 is 2.19 bits per heavy atom. The molecule has 1 atom stereocenters. The minimum absolute atomic E-state index is 0.0285. The Hall–Kier alpha value is -0.750. The van der Waals surface area contributed by atoms with Crippen molar-refractivity contribution in [2.24, 2.45) is 11.7 Å². The van der Waals surface area contributed by atoms with Crippen molar-refractivity contribution >= 4 is 23.6 Å². The van der Waals surface area contributed by atoms with Crippen molar-refractivity contribution in [3.63, 3.8) is 0 Å². The van der Waals surface area contributed by atoms with Crippen LogP contribution in [0.1, 0.15) is 19.3 Å². The topological polar surface area (TPSA) is 92.4 Å². The molecule has 1 amide bonds. The van der Waals surface area contributed by atoms with E-state index in [1.807, 2.05) is 0 Å². The third-order valence-corrected chi connectivity index (χ3v) is 3.40. The van der Waals surface area contributed by atoms with Crippen molar-refractivity contribution in [1.82, 2.24) is 5.32 Å². The van der Waals surface area contributed by atoms with Gasteiger partial charge >= 0.3 is 5.97 Å². The Labute approximate surface area is 99.1 Å². The van der Waals surface area contributed by atoms with Gasteiger partial charge in [0.25, 0.3) is 0 Å². The molecule has 1 aliphatic rings. The Kier molecular flexibility index (Phi) is 5.62. The molecule has 0 spiro atoms. The molecule has 0 radical (unpaired) electrons. The number of rotatable bonds is 8. The molecule has 16 heavy (non-hydrogen) atoms. The molecule has 1 unspecified atom stereocenters. The maximum Gasteiger partial charge on any atom is 0.320 e. The van der Waals surface area contributed by atoms with E-state index >= 15 is 0 Å². The quantitative estimate of drug-likeness (QED) is 0.526. The summed E-state index contributed by atoms with van der Waals surface area (Å²) in [6, 6.07) is -0.818. The molecule has 0 saturated heterocycles. The predicted molar refractivity (Wildman–Crippen MR) is 63.3 cm³/mol. The number of carbonyl (C=O) groups is 2. The van der Waals surface area contributed by atoms with Crippen LogP contribution in [-0.2, 0) is 9.59 Å². The van der Waals surface area contributed by atoms with Gasteiger partial charge in [-0.15, -0.1) is 0 Å². The van der Waals surface area contributed by atoms with E-state index in [0.717, 1.165) is 6.54 Å². The summed E-state index contributed by atoms with van der Waals surface area (Å²) in [5, 5.41) is 11.4. The second-order valence-electron chi connectivity index (χ2n) is 4.03. The first-order valence-electron chi connectivity index (χ1n) is 5.42. The molecular weight excluding hydrogens is 228 g/mol. The molecule has 1 aliphatic carbocycles. The highest BCUT2D eigenvalue weighted by Gasteiger charge is 2.21. The van der Waals surface area contributed by atoms with E-state index in [2.05, 4.69) is 5.32 Å². The molecule has 1 saturated carbocycles. The van der Waals surface area contributed by atoms with Crippen LogP contribution in [0.2, 0.25) is 0 Å². The predicted octanol–water partition coefficient (Wildman–Crippen LogP) is 0.0478. The van der Waals surface area contributed by atoms with Gasteiger partial charge < -0.3 is 16.2 Å². The molecule has 0 aromatic rings. The number of thioether (sulfide) groups is 1. The molecule has 0 aromatic heterocycles. The zero-order valence-electron chi connectivity index (χ0n) is 9.15. The summed E-state index contributed by atoms with van der Waals surface area (Å²) in [6.07, 6.45) is 2.84. The number of carbonyl (C=O) groups excluding carboxylic acids is 1. The first kappa shape index (κ1) is 13.3. The first-order chi connectivity index (χ1) is 7.59. The minimum Gasteiger partial charge on any atom is -0.480 e. The van der Waals surface area contributed by atoms with Gasteiger partial charge in [-0.3, -0.25) is 9.59 Å². The standard InChI is InChI=1S/C10H18N2O3S/c11-8(10(14)15)3-4-16-6-9(13)12-5-7-1-2-7/h7-8H,1-6,11H2,(H,12,13)(H,14,15). The van der Waals surface area contributed by atoms with Crippen LogP contribution in [0.3, 0.4) is 0 Å². The van der Waals surface area contributed by atoms with Gasteiger partial charge in [-0.1, -0.05) is 0 Å². The fraction of sp³-hybridized carbons (Fsp3) is 0.800. The van der Waals surface area contributed by atoms with Crippen molar-refractivity contribution in [2.45, 2.75) is 25.3 Å². The molecule has 1 fully saturated rings. The molecule has 1 rings (SSSR count). The van der Waals surface area contributed by atoms with E-state index in [1.165, 1.54) is 24.6 Å². The third-order valence-electron chi connectivity index (χ3n) is 2.41. The number of hydrogen-bond acceptors (Lipinski definition) is 4. The van der Waals surface area contributed by atoms with E-state index in [0.29, 0.717) is 23.8 Å². The van der Waals surface area contributed by atoms with Gasteiger partial charge in [-0.25, -0.2) is 0 Å². The van der Waals surface area contributed by atoms with E-state index < -0.39 is 12.0 Å². The Morgan fingerprint density at radius 1 is 1.50 bits per heavy atom. The SMILES string of the molecule is NC(CCSCC(=O)NCC1CC1)C(=O)O. The first-order valence-corrected chi connectivity index (χ1v) is 6.58. The number of hydrogen-bond donors (Lipinski definition) is 3. The van der Waals surface area contributed by atoms with E-state index in [9.17, 15) is 9.59 Å². The minimum atomic E-state index is -0.987. The van der Waals surface area contributed by atoms with Gasteiger partial charge in [0.1, 0.15) is 6.04 Å². The van der Waals surface area contributed by atoms with Crippen LogP contribution in [0.5, 0.6) is 0 Å². The summed E-state index contributed by atoms with van der Waals surface area (Å²) in [6.45, 7) is 0.786. The van der Waals surface area contributed by atoms with Crippen LogP contribution in [0.15, 0.2) is 0 Å². The molecule has 0 aliphatic heterocycles. The zero-order chi connectivity index (χ0) is 12.0. The van der Waals surface area contributed by atoms with Gasteiger partial charge in [0, 0.05) is 6.54 Å². The van der Waals surface area contributed by atoms with Gasteiger partial charge in [0.2, 0.25) is 5.91 Å². The van der Waals surface area contributed by atoms with Crippen LogP contribution >= 0.6 is 11.8 Å². The second-order valence-corrected chi connectivity index (χ2v) is 5.14. The summed E-state index contributed by atoms with van der Waals surface area (Å²) in [5.41, 5.74) is 5.33. The number of nitrogens with one attached hydrogen (secondary N) is 1. The molecule has 0 aromatic carbocycles. The van der Waals surface area contributed by atoms with Crippen molar-refractivity contribution in [3.05, 3.63) is 0 Å². The average Bonchev–Trinajstić information content (AvgIpc) is 3.04. The van der Waals surface area contributed by atoms with Crippen LogP contribution in [-0.4, -0.2) is 41.1 Å². The van der Waals surface area contributed by atoms with Gasteiger partial charge in [-0.05, 0) is 30.9 Å². The fourth-order valence-corrected chi connectivity index (χ4v) is 1.98. The highest BCUT2D eigenvalue weighted by molar-refractivity contribution is 7.99. The number of nitrogens with two attached hydrogens (primary N) is 1. The lowest BCUT2D eigenvalue weighted by Gasteiger charge is -2.06. The molecule has 0 bridgehead atoms. The maximum atomic E-state index is 11.3. The van der Waals surface area contributed by atoms with Crippen molar-refractivity contribution in [2.75, 3.05) is 18.1 Å². The molecule has 4 N–H and O–H groups in total. The van der Waals surface area contributed by atoms with Crippen LogP contribution in [0.4, 0.5) is 0 Å². The van der Waals surface area contributed by atoms with Gasteiger partial charge in [0.05, 0.1) is 5.75 Å². The van der Waals surface area contributed by atoms with Crippen LogP contribution in [0, 0.1) is 5.92 Å². The summed E-state index contributed by atoms with van der Waals surface area (Å²) in [7, 11) is 0. The third kappa shape index (κ3) is 5.97. The Morgan fingerprint density at radius 3 is 2.75 bits per heavy atom. The fourth-order valence-electron chi connectivity index (χ4n) is 1.13. The van der Waals surface area contributed by atoms with Crippen LogP contribution < -0.4 is 11.1 Å². The highest BCUT2D eigenvalue weighted by Crippen LogP contribution is 2.27. The molecule has 92 valence electrons. The molecular formula is C10H18N2O3S. The number of carboxylic acid groups (broad SMARTS) is 1. The summed E-state index contributed by atoms with van der Waals surface area (Å²) in [4.78, 5) is 21.7. The molecule has 5 nitrogen and oxygen atoms in total. The van der Waals surface area contributed by atoms with E-state index in [-0.39, 0.29) is 5.91 Å². The molecule has 0 heterocycles. The van der Waals surface area contributed by atoms with Crippen molar-refractivity contribution in [1.29, 1.82) is 0 Å². The van der Waals surface area contributed by atoms with Gasteiger partial charge in [0.15, 0.2) is 0 Å². The largest absolute Gasteiger partial charge is 0.480 e. The highest BCUT2D eigenvalue weighted by atomic mass is 32.2. The smallest absolute Gasteiger partial charge is 0.320 e. The van der Waals surface area contributed by atoms with Crippen molar-refractivity contribution < 1.29 is 14.7 Å². The summed E-state index contributed by atoms with van der Waals surface area (Å²) in [5.74, 6) is 0.720. The normalized spacial score (nSPS) is 16.8. The lowest BCUT2D eigenvalue weighted by Crippen LogP contribution is -2.31. The Bertz CT molecular complexity index is 256.